The van der Waals surface area contributed by atoms with E-state index in [1.54, 1.807) is 42.5 Å². The first-order chi connectivity index (χ1) is 12.7. The van der Waals surface area contributed by atoms with Gasteiger partial charge >= 0.3 is 0 Å². The molecule has 1 aliphatic rings. The maximum atomic E-state index is 13.8. The molecule has 0 spiro atoms. The van der Waals surface area contributed by atoms with Crippen molar-refractivity contribution < 1.29 is 23.1 Å². The number of carbonyl (C=O) groups is 1. The molecule has 0 radical (unpaired) electrons. The Bertz CT molecular complexity index is 950. The Hall–Kier alpha value is -3.28. The summed E-state index contributed by atoms with van der Waals surface area (Å²) in [5, 5.41) is 2.75. The summed E-state index contributed by atoms with van der Waals surface area (Å²) in [6.45, 7) is 1.17. The SMILES string of the molecule is O=C(Nc1ccc2c(c1)OCCCO2)c1ccc(-c2ccccc2F)o1. The third-order valence-corrected chi connectivity index (χ3v) is 3.97. The minimum Gasteiger partial charge on any atom is -0.490 e. The van der Waals surface area contributed by atoms with Gasteiger partial charge in [0.2, 0.25) is 0 Å². The highest BCUT2D eigenvalue weighted by Gasteiger charge is 2.16. The van der Waals surface area contributed by atoms with E-state index in [0.717, 1.165) is 6.42 Å². The van der Waals surface area contributed by atoms with Gasteiger partial charge in [-0.1, -0.05) is 12.1 Å². The molecule has 6 heteroatoms. The lowest BCUT2D eigenvalue weighted by atomic mass is 10.1. The second-order valence-corrected chi connectivity index (χ2v) is 5.81. The van der Waals surface area contributed by atoms with Crippen LogP contribution in [0.5, 0.6) is 11.5 Å². The summed E-state index contributed by atoms with van der Waals surface area (Å²) in [4.78, 5) is 12.4. The lowest BCUT2D eigenvalue weighted by molar-refractivity contribution is 0.0997. The molecule has 2 aromatic carbocycles. The van der Waals surface area contributed by atoms with Gasteiger partial charge in [0.1, 0.15) is 11.6 Å². The van der Waals surface area contributed by atoms with Crippen molar-refractivity contribution >= 4 is 11.6 Å². The van der Waals surface area contributed by atoms with Gasteiger partial charge in [0.15, 0.2) is 17.3 Å². The van der Waals surface area contributed by atoms with Crippen LogP contribution in [0.25, 0.3) is 11.3 Å². The lowest BCUT2D eigenvalue weighted by Crippen LogP contribution is -2.11. The minimum absolute atomic E-state index is 0.0929. The molecule has 132 valence electrons. The predicted octanol–water partition coefficient (Wildman–Crippen LogP) is 4.50. The molecule has 0 aliphatic carbocycles. The molecule has 5 nitrogen and oxygen atoms in total. The number of furan rings is 1. The molecule has 0 bridgehead atoms. The van der Waals surface area contributed by atoms with Gasteiger partial charge in [-0.05, 0) is 36.4 Å². The summed E-state index contributed by atoms with van der Waals surface area (Å²) < 4.78 is 30.5. The monoisotopic (exact) mass is 353 g/mol. The van der Waals surface area contributed by atoms with E-state index in [1.807, 2.05) is 0 Å². The summed E-state index contributed by atoms with van der Waals surface area (Å²) in [6, 6.07) is 14.5. The molecule has 1 aromatic heterocycles. The third-order valence-electron chi connectivity index (χ3n) is 3.97. The molecule has 1 N–H and O–H groups in total. The quantitative estimate of drug-likeness (QED) is 0.753. The van der Waals surface area contributed by atoms with Gasteiger partial charge < -0.3 is 19.2 Å². The Kier molecular flexibility index (Phi) is 4.31. The summed E-state index contributed by atoms with van der Waals surface area (Å²) in [5.41, 5.74) is 0.866. The van der Waals surface area contributed by atoms with Crippen LogP contribution in [0.1, 0.15) is 17.0 Å². The first-order valence-electron chi connectivity index (χ1n) is 8.26. The zero-order valence-electron chi connectivity index (χ0n) is 13.8. The number of hydrogen-bond acceptors (Lipinski definition) is 4. The summed E-state index contributed by atoms with van der Waals surface area (Å²) in [5.74, 6) is 0.799. The van der Waals surface area contributed by atoms with Crippen molar-refractivity contribution in [1.82, 2.24) is 0 Å². The zero-order valence-corrected chi connectivity index (χ0v) is 13.8. The second-order valence-electron chi connectivity index (χ2n) is 5.81. The van der Waals surface area contributed by atoms with Crippen LogP contribution in [0.3, 0.4) is 0 Å². The Morgan fingerprint density at radius 1 is 0.962 bits per heavy atom. The van der Waals surface area contributed by atoms with E-state index in [4.69, 9.17) is 13.9 Å². The maximum absolute atomic E-state index is 13.8. The summed E-state index contributed by atoms with van der Waals surface area (Å²) in [6.07, 6.45) is 0.807. The van der Waals surface area contributed by atoms with E-state index in [2.05, 4.69) is 5.32 Å². The molecule has 4 rings (SSSR count). The molecule has 0 saturated carbocycles. The van der Waals surface area contributed by atoms with Gasteiger partial charge in [0, 0.05) is 18.2 Å². The number of halogens is 1. The fourth-order valence-corrected chi connectivity index (χ4v) is 2.70. The van der Waals surface area contributed by atoms with Crippen LogP contribution in [0.4, 0.5) is 10.1 Å². The fourth-order valence-electron chi connectivity index (χ4n) is 2.70. The zero-order chi connectivity index (χ0) is 17.9. The van der Waals surface area contributed by atoms with Gasteiger partial charge in [-0.15, -0.1) is 0 Å². The molecule has 0 unspecified atom stereocenters. The number of ether oxygens (including phenoxy) is 2. The Morgan fingerprint density at radius 2 is 1.77 bits per heavy atom. The number of carbonyl (C=O) groups excluding carboxylic acids is 1. The molecular weight excluding hydrogens is 337 g/mol. The number of rotatable bonds is 3. The number of fused-ring (bicyclic) bond motifs is 1. The molecular formula is C20H16FNO4. The van der Waals surface area contributed by atoms with E-state index in [0.29, 0.717) is 41.7 Å². The molecule has 1 aliphatic heterocycles. The van der Waals surface area contributed by atoms with E-state index < -0.39 is 11.7 Å². The number of amides is 1. The van der Waals surface area contributed by atoms with Gasteiger partial charge in [0.25, 0.3) is 5.91 Å². The highest BCUT2D eigenvalue weighted by atomic mass is 19.1. The van der Waals surface area contributed by atoms with Gasteiger partial charge in [-0.2, -0.15) is 0 Å². The van der Waals surface area contributed by atoms with Crippen molar-refractivity contribution in [2.45, 2.75) is 6.42 Å². The topological polar surface area (TPSA) is 60.7 Å². The van der Waals surface area contributed by atoms with Gasteiger partial charge in [0.05, 0.1) is 18.8 Å². The number of hydrogen-bond donors (Lipinski definition) is 1. The highest BCUT2D eigenvalue weighted by Crippen LogP contribution is 2.32. The second kappa shape index (κ2) is 6.92. The average molecular weight is 353 g/mol. The summed E-state index contributed by atoms with van der Waals surface area (Å²) >= 11 is 0. The largest absolute Gasteiger partial charge is 0.490 e. The van der Waals surface area contributed by atoms with E-state index in [1.165, 1.54) is 12.1 Å². The van der Waals surface area contributed by atoms with Crippen molar-refractivity contribution in [2.75, 3.05) is 18.5 Å². The van der Waals surface area contributed by atoms with Crippen molar-refractivity contribution in [1.29, 1.82) is 0 Å². The first-order valence-corrected chi connectivity index (χ1v) is 8.26. The smallest absolute Gasteiger partial charge is 0.291 e. The van der Waals surface area contributed by atoms with Crippen molar-refractivity contribution in [3.05, 3.63) is 66.2 Å². The first kappa shape index (κ1) is 16.2. The highest BCUT2D eigenvalue weighted by molar-refractivity contribution is 6.02. The van der Waals surface area contributed by atoms with Crippen molar-refractivity contribution in [2.24, 2.45) is 0 Å². The van der Waals surface area contributed by atoms with Crippen LogP contribution in [0.2, 0.25) is 0 Å². The maximum Gasteiger partial charge on any atom is 0.291 e. The van der Waals surface area contributed by atoms with Crippen LogP contribution in [-0.2, 0) is 0 Å². The minimum atomic E-state index is -0.429. The standard InChI is InChI=1S/C20H16FNO4/c21-15-5-2-1-4-14(15)16-8-9-18(26-16)20(23)22-13-6-7-17-19(12-13)25-11-3-10-24-17/h1-2,4-9,12H,3,10-11H2,(H,22,23). The predicted molar refractivity (Wildman–Crippen MR) is 94.1 cm³/mol. The summed E-state index contributed by atoms with van der Waals surface area (Å²) in [7, 11) is 0. The van der Waals surface area contributed by atoms with Gasteiger partial charge in [-0.25, -0.2) is 4.39 Å². The van der Waals surface area contributed by atoms with Crippen LogP contribution >= 0.6 is 0 Å². The molecule has 0 atom stereocenters. The number of nitrogens with one attached hydrogen (secondary N) is 1. The molecule has 0 saturated heterocycles. The van der Waals surface area contributed by atoms with Crippen LogP contribution in [0.15, 0.2) is 59.0 Å². The molecule has 1 amide bonds. The normalized spacial score (nSPS) is 13.1. The Labute approximate surface area is 149 Å². The van der Waals surface area contributed by atoms with E-state index >= 15 is 0 Å². The van der Waals surface area contributed by atoms with E-state index in [9.17, 15) is 9.18 Å². The van der Waals surface area contributed by atoms with Crippen molar-refractivity contribution in [3.8, 4) is 22.8 Å². The van der Waals surface area contributed by atoms with Gasteiger partial charge in [-0.3, -0.25) is 4.79 Å². The lowest BCUT2D eigenvalue weighted by Gasteiger charge is -2.09. The molecule has 0 fully saturated rings. The van der Waals surface area contributed by atoms with Crippen LogP contribution < -0.4 is 14.8 Å². The van der Waals surface area contributed by atoms with Crippen LogP contribution in [0, 0.1) is 5.82 Å². The Morgan fingerprint density at radius 3 is 2.62 bits per heavy atom. The molecule has 2 heterocycles. The van der Waals surface area contributed by atoms with E-state index in [-0.39, 0.29) is 5.76 Å². The van der Waals surface area contributed by atoms with Crippen LogP contribution in [-0.4, -0.2) is 19.1 Å². The fraction of sp³-hybridized carbons (Fsp3) is 0.150. The molecule has 3 aromatic rings. The average Bonchev–Trinajstić information content (AvgIpc) is 3.02. The molecule has 26 heavy (non-hydrogen) atoms. The third kappa shape index (κ3) is 3.26. The van der Waals surface area contributed by atoms with Crippen molar-refractivity contribution in [3.63, 3.8) is 0 Å². The number of anilines is 1. The Balaban J connectivity index is 1.52. The number of benzene rings is 2.